The van der Waals surface area contributed by atoms with Crippen LogP contribution < -0.4 is 10.6 Å². The molecule has 0 saturated carbocycles. The van der Waals surface area contributed by atoms with Gasteiger partial charge in [0.05, 0.1) is 12.2 Å². The highest BCUT2D eigenvalue weighted by Gasteiger charge is 2.31. The van der Waals surface area contributed by atoms with E-state index in [4.69, 9.17) is 10.5 Å². The second-order valence-corrected chi connectivity index (χ2v) is 4.53. The molecule has 2 N–H and O–H groups in total. The Bertz CT molecular complexity index is 490. The number of rotatable bonds is 6. The van der Waals surface area contributed by atoms with Crippen LogP contribution in [-0.4, -0.2) is 31.8 Å². The molecule has 1 aromatic rings. The van der Waals surface area contributed by atoms with Crippen LogP contribution in [0, 0.1) is 0 Å². The lowest BCUT2D eigenvalue weighted by Gasteiger charge is -2.26. The molecule has 0 radical (unpaired) electrons. The number of hydrogen-bond donors (Lipinski definition) is 1. The molecule has 0 amide bonds. The van der Waals surface area contributed by atoms with E-state index in [1.54, 1.807) is 13.8 Å². The molecule has 0 saturated heterocycles. The average molecular weight is 304 g/mol. The van der Waals surface area contributed by atoms with Crippen molar-refractivity contribution in [3.8, 4) is 0 Å². The lowest BCUT2D eigenvalue weighted by molar-refractivity contribution is -0.119. The third kappa shape index (κ3) is 5.17. The summed E-state index contributed by atoms with van der Waals surface area (Å²) < 4.78 is 42.7. The first kappa shape index (κ1) is 17.1. The summed E-state index contributed by atoms with van der Waals surface area (Å²) in [5.41, 5.74) is 6.24. The smallest absolute Gasteiger partial charge is 0.405 e. The van der Waals surface area contributed by atoms with E-state index in [2.05, 4.69) is 0 Å². The van der Waals surface area contributed by atoms with Gasteiger partial charge in [-0.3, -0.25) is 0 Å². The highest BCUT2D eigenvalue weighted by Crippen LogP contribution is 2.26. The maximum atomic E-state index is 12.6. The summed E-state index contributed by atoms with van der Waals surface area (Å²) in [6.45, 7) is 2.75. The van der Waals surface area contributed by atoms with E-state index in [0.717, 1.165) is 0 Å². The minimum atomic E-state index is -4.32. The van der Waals surface area contributed by atoms with Crippen molar-refractivity contribution in [2.45, 2.75) is 26.4 Å². The molecule has 21 heavy (non-hydrogen) atoms. The van der Waals surface area contributed by atoms with Gasteiger partial charge in [0.15, 0.2) is 0 Å². The van der Waals surface area contributed by atoms with E-state index in [9.17, 15) is 18.0 Å². The van der Waals surface area contributed by atoms with E-state index in [-0.39, 0.29) is 24.4 Å². The first-order valence-electron chi connectivity index (χ1n) is 6.66. The summed E-state index contributed by atoms with van der Waals surface area (Å²) in [6.07, 6.45) is -3.77. The highest BCUT2D eigenvalue weighted by molar-refractivity contribution is 5.96. The predicted octanol–water partition coefficient (Wildman–Crippen LogP) is 3.22. The normalized spacial score (nSPS) is 11.3. The van der Waals surface area contributed by atoms with Crippen molar-refractivity contribution in [1.29, 1.82) is 0 Å². The standard InChI is InChI=1S/C14H19F3N2O2/c1-3-7-19(9-14(15,16)17)10-5-6-12(18)11(8-10)13(20)21-4-2/h5-6,8H,3-4,7,9,18H2,1-2H3. The minimum absolute atomic E-state index is 0.0811. The van der Waals surface area contributed by atoms with Crippen LogP contribution in [0.3, 0.4) is 0 Å². The van der Waals surface area contributed by atoms with Gasteiger partial charge in [-0.25, -0.2) is 4.79 Å². The number of ether oxygens (including phenoxy) is 1. The molecule has 0 aliphatic carbocycles. The van der Waals surface area contributed by atoms with Crippen LogP contribution in [0.5, 0.6) is 0 Å². The number of hydrogen-bond acceptors (Lipinski definition) is 4. The molecule has 0 aromatic heterocycles. The number of esters is 1. The number of anilines is 2. The SMILES string of the molecule is CCCN(CC(F)(F)F)c1ccc(N)c(C(=O)OCC)c1. The second kappa shape index (κ2) is 7.19. The molecular formula is C14H19F3N2O2. The molecular weight excluding hydrogens is 285 g/mol. The molecule has 4 nitrogen and oxygen atoms in total. The van der Waals surface area contributed by atoms with E-state index < -0.39 is 18.7 Å². The molecule has 1 aromatic carbocycles. The maximum Gasteiger partial charge on any atom is 0.405 e. The maximum absolute atomic E-state index is 12.6. The summed E-state index contributed by atoms with van der Waals surface area (Å²) in [7, 11) is 0. The molecule has 0 unspecified atom stereocenters. The van der Waals surface area contributed by atoms with E-state index in [1.165, 1.54) is 23.1 Å². The van der Waals surface area contributed by atoms with Crippen molar-refractivity contribution in [1.82, 2.24) is 0 Å². The number of nitrogens with two attached hydrogens (primary N) is 1. The molecule has 0 atom stereocenters. The van der Waals surface area contributed by atoms with Gasteiger partial charge in [0.25, 0.3) is 0 Å². The first-order valence-corrected chi connectivity index (χ1v) is 6.66. The molecule has 118 valence electrons. The molecule has 0 spiro atoms. The van der Waals surface area contributed by atoms with Crippen molar-refractivity contribution >= 4 is 17.3 Å². The van der Waals surface area contributed by atoms with Crippen LogP contribution in [0.4, 0.5) is 24.5 Å². The fourth-order valence-electron chi connectivity index (χ4n) is 1.91. The van der Waals surface area contributed by atoms with Crippen molar-refractivity contribution in [2.24, 2.45) is 0 Å². The Morgan fingerprint density at radius 2 is 2.00 bits per heavy atom. The van der Waals surface area contributed by atoms with Crippen LogP contribution in [0.2, 0.25) is 0 Å². The van der Waals surface area contributed by atoms with Gasteiger partial charge in [0.2, 0.25) is 0 Å². The topological polar surface area (TPSA) is 55.6 Å². The third-order valence-corrected chi connectivity index (χ3v) is 2.76. The summed E-state index contributed by atoms with van der Waals surface area (Å²) in [4.78, 5) is 12.9. The zero-order valence-corrected chi connectivity index (χ0v) is 12.0. The molecule has 0 aliphatic heterocycles. The van der Waals surface area contributed by atoms with Crippen LogP contribution in [0.25, 0.3) is 0 Å². The lowest BCUT2D eigenvalue weighted by Crippen LogP contribution is -2.35. The molecule has 7 heteroatoms. The van der Waals surface area contributed by atoms with E-state index in [0.29, 0.717) is 12.1 Å². The Hall–Kier alpha value is -1.92. The average Bonchev–Trinajstić information content (AvgIpc) is 2.37. The summed E-state index contributed by atoms with van der Waals surface area (Å²) in [6, 6.07) is 4.23. The van der Waals surface area contributed by atoms with Crippen molar-refractivity contribution in [2.75, 3.05) is 30.3 Å². The second-order valence-electron chi connectivity index (χ2n) is 4.53. The largest absolute Gasteiger partial charge is 0.462 e. The number of alkyl halides is 3. The minimum Gasteiger partial charge on any atom is -0.462 e. The van der Waals surface area contributed by atoms with Crippen LogP contribution >= 0.6 is 0 Å². The van der Waals surface area contributed by atoms with Crippen molar-refractivity contribution in [3.63, 3.8) is 0 Å². The number of carbonyl (C=O) groups is 1. The van der Waals surface area contributed by atoms with Gasteiger partial charge in [-0.2, -0.15) is 13.2 Å². The summed E-state index contributed by atoms with van der Waals surface area (Å²) >= 11 is 0. The molecule has 0 heterocycles. The van der Waals surface area contributed by atoms with Crippen LogP contribution in [0.15, 0.2) is 18.2 Å². The van der Waals surface area contributed by atoms with Gasteiger partial charge in [0.1, 0.15) is 6.54 Å². The van der Waals surface area contributed by atoms with Gasteiger partial charge in [0, 0.05) is 17.9 Å². The molecule has 0 bridgehead atoms. The Balaban J connectivity index is 3.09. The zero-order chi connectivity index (χ0) is 16.0. The molecule has 0 fully saturated rings. The molecule has 1 rings (SSSR count). The number of benzene rings is 1. The van der Waals surface area contributed by atoms with Gasteiger partial charge < -0.3 is 15.4 Å². The lowest BCUT2D eigenvalue weighted by atomic mass is 10.1. The summed E-state index contributed by atoms with van der Waals surface area (Å²) in [5.74, 6) is -0.639. The quantitative estimate of drug-likeness (QED) is 0.647. The Kier molecular flexibility index (Phi) is 5.87. The number of nitrogen functional groups attached to an aromatic ring is 1. The fourth-order valence-corrected chi connectivity index (χ4v) is 1.91. The van der Waals surface area contributed by atoms with E-state index in [1.807, 2.05) is 0 Å². The summed E-state index contributed by atoms with van der Waals surface area (Å²) in [5, 5.41) is 0. The zero-order valence-electron chi connectivity index (χ0n) is 12.0. The predicted molar refractivity (Wildman–Crippen MR) is 75.4 cm³/mol. The van der Waals surface area contributed by atoms with Crippen LogP contribution in [0.1, 0.15) is 30.6 Å². The first-order chi connectivity index (χ1) is 9.78. The van der Waals surface area contributed by atoms with Gasteiger partial charge in [-0.1, -0.05) is 6.92 Å². The van der Waals surface area contributed by atoms with Gasteiger partial charge in [-0.05, 0) is 31.5 Å². The number of carbonyl (C=O) groups excluding carboxylic acids is 1. The fraction of sp³-hybridized carbons (Fsp3) is 0.500. The van der Waals surface area contributed by atoms with Gasteiger partial charge >= 0.3 is 12.1 Å². The number of nitrogens with zero attached hydrogens (tertiary/aromatic N) is 1. The van der Waals surface area contributed by atoms with Crippen LogP contribution in [-0.2, 0) is 4.74 Å². The Morgan fingerprint density at radius 1 is 1.33 bits per heavy atom. The third-order valence-electron chi connectivity index (χ3n) is 2.76. The number of halogens is 3. The Labute approximate surface area is 121 Å². The molecule has 0 aliphatic rings. The van der Waals surface area contributed by atoms with Crippen molar-refractivity contribution < 1.29 is 22.7 Å². The highest BCUT2D eigenvalue weighted by atomic mass is 19.4. The Morgan fingerprint density at radius 3 is 2.52 bits per heavy atom. The van der Waals surface area contributed by atoms with E-state index >= 15 is 0 Å². The van der Waals surface area contributed by atoms with Gasteiger partial charge in [-0.15, -0.1) is 0 Å². The van der Waals surface area contributed by atoms with Crippen molar-refractivity contribution in [3.05, 3.63) is 23.8 Å². The monoisotopic (exact) mass is 304 g/mol.